The molecule has 0 heterocycles. The summed E-state index contributed by atoms with van der Waals surface area (Å²) in [6.45, 7) is 6.21. The van der Waals surface area contributed by atoms with Crippen LogP contribution in [0.25, 0.3) is 0 Å². The zero-order chi connectivity index (χ0) is 12.8. The van der Waals surface area contributed by atoms with Crippen molar-refractivity contribution in [2.75, 3.05) is 0 Å². The largest absolute Gasteiger partial charge is 0.393 e. The first-order chi connectivity index (χ1) is 8.00. The first kappa shape index (κ1) is 14.5. The molecule has 1 rings (SSSR count). The van der Waals surface area contributed by atoms with Crippen LogP contribution in [0.15, 0.2) is 0 Å². The van der Waals surface area contributed by atoms with E-state index in [1.54, 1.807) is 6.92 Å². The van der Waals surface area contributed by atoms with Gasteiger partial charge in [0.05, 0.1) is 6.10 Å². The predicted octanol–water partition coefficient (Wildman–Crippen LogP) is 2.48. The number of aliphatic hydroxyl groups excluding tert-OH is 1. The fourth-order valence-corrected chi connectivity index (χ4v) is 2.76. The summed E-state index contributed by atoms with van der Waals surface area (Å²) in [6.07, 6.45) is 5.49. The third-order valence-electron chi connectivity index (χ3n) is 3.81. The second-order valence-electron chi connectivity index (χ2n) is 5.75. The quantitative estimate of drug-likeness (QED) is 0.777. The summed E-state index contributed by atoms with van der Waals surface area (Å²) in [5.74, 6) is 1.36. The highest BCUT2D eigenvalue weighted by Gasteiger charge is 2.28. The molecule has 1 aliphatic carbocycles. The topological polar surface area (TPSA) is 49.3 Å². The molecule has 0 radical (unpaired) electrons. The van der Waals surface area contributed by atoms with Gasteiger partial charge in [0.15, 0.2) is 0 Å². The normalized spacial score (nSPS) is 26.9. The van der Waals surface area contributed by atoms with Gasteiger partial charge < -0.3 is 10.4 Å². The van der Waals surface area contributed by atoms with Crippen LogP contribution in [0.2, 0.25) is 0 Å². The summed E-state index contributed by atoms with van der Waals surface area (Å²) < 4.78 is 0. The molecule has 1 saturated carbocycles. The highest BCUT2D eigenvalue weighted by Crippen LogP contribution is 2.30. The SMILES string of the molecule is CC(O)CCC(=O)NC1CCCCC1C(C)C. The van der Waals surface area contributed by atoms with Crippen LogP contribution in [-0.2, 0) is 4.79 Å². The number of rotatable bonds is 5. The van der Waals surface area contributed by atoms with Gasteiger partial charge in [-0.3, -0.25) is 4.79 Å². The van der Waals surface area contributed by atoms with Crippen molar-refractivity contribution in [2.45, 2.75) is 71.4 Å². The van der Waals surface area contributed by atoms with Crippen molar-refractivity contribution >= 4 is 5.91 Å². The molecule has 1 aliphatic rings. The van der Waals surface area contributed by atoms with Crippen molar-refractivity contribution in [3.63, 3.8) is 0 Å². The Balaban J connectivity index is 2.39. The maximum atomic E-state index is 11.8. The zero-order valence-electron chi connectivity index (χ0n) is 11.4. The lowest BCUT2D eigenvalue weighted by atomic mass is 9.78. The monoisotopic (exact) mass is 241 g/mol. The Morgan fingerprint density at radius 2 is 1.94 bits per heavy atom. The van der Waals surface area contributed by atoms with Crippen LogP contribution in [0.3, 0.4) is 0 Å². The minimum atomic E-state index is -0.381. The molecular weight excluding hydrogens is 214 g/mol. The Kier molecular flexibility index (Phi) is 5.96. The molecule has 3 atom stereocenters. The second-order valence-corrected chi connectivity index (χ2v) is 5.75. The van der Waals surface area contributed by atoms with Gasteiger partial charge in [-0.15, -0.1) is 0 Å². The summed E-state index contributed by atoms with van der Waals surface area (Å²) in [6, 6.07) is 0.352. The average Bonchev–Trinajstić information content (AvgIpc) is 2.27. The fraction of sp³-hybridized carbons (Fsp3) is 0.929. The highest BCUT2D eigenvalue weighted by molar-refractivity contribution is 5.76. The predicted molar refractivity (Wildman–Crippen MR) is 69.6 cm³/mol. The van der Waals surface area contributed by atoms with Crippen molar-refractivity contribution in [2.24, 2.45) is 11.8 Å². The molecule has 1 amide bonds. The van der Waals surface area contributed by atoms with Gasteiger partial charge in [0.2, 0.25) is 5.91 Å². The fourth-order valence-electron chi connectivity index (χ4n) is 2.76. The lowest BCUT2D eigenvalue weighted by Crippen LogP contribution is -2.44. The molecule has 0 aromatic carbocycles. The first-order valence-corrected chi connectivity index (χ1v) is 6.98. The number of carbonyl (C=O) groups is 1. The summed E-state index contributed by atoms with van der Waals surface area (Å²) in [7, 11) is 0. The van der Waals surface area contributed by atoms with E-state index in [4.69, 9.17) is 5.11 Å². The number of nitrogens with one attached hydrogen (secondary N) is 1. The molecule has 0 aromatic heterocycles. The standard InChI is InChI=1S/C14H27NO2/c1-10(2)12-6-4-5-7-13(12)15-14(17)9-8-11(3)16/h10-13,16H,4-9H2,1-3H3,(H,15,17). The maximum Gasteiger partial charge on any atom is 0.220 e. The molecule has 0 bridgehead atoms. The van der Waals surface area contributed by atoms with Crippen molar-refractivity contribution in [3.05, 3.63) is 0 Å². The van der Waals surface area contributed by atoms with Crippen LogP contribution < -0.4 is 5.32 Å². The smallest absolute Gasteiger partial charge is 0.220 e. The molecule has 3 nitrogen and oxygen atoms in total. The van der Waals surface area contributed by atoms with Gasteiger partial charge in [0, 0.05) is 12.5 Å². The molecule has 2 N–H and O–H groups in total. The Hall–Kier alpha value is -0.570. The average molecular weight is 241 g/mol. The molecular formula is C14H27NO2. The van der Waals surface area contributed by atoms with E-state index >= 15 is 0 Å². The van der Waals surface area contributed by atoms with Crippen LogP contribution in [0.5, 0.6) is 0 Å². The zero-order valence-corrected chi connectivity index (χ0v) is 11.4. The molecule has 0 aromatic rings. The Labute approximate surface area is 105 Å². The molecule has 0 aliphatic heterocycles. The van der Waals surface area contributed by atoms with Gasteiger partial charge in [-0.2, -0.15) is 0 Å². The Morgan fingerprint density at radius 3 is 2.53 bits per heavy atom. The van der Waals surface area contributed by atoms with Gasteiger partial charge in [-0.1, -0.05) is 26.7 Å². The van der Waals surface area contributed by atoms with E-state index in [1.165, 1.54) is 19.3 Å². The van der Waals surface area contributed by atoms with E-state index < -0.39 is 0 Å². The molecule has 3 heteroatoms. The Bertz CT molecular complexity index is 238. The highest BCUT2D eigenvalue weighted by atomic mass is 16.3. The summed E-state index contributed by atoms with van der Waals surface area (Å²) >= 11 is 0. The third-order valence-corrected chi connectivity index (χ3v) is 3.81. The minimum absolute atomic E-state index is 0.100. The molecule has 3 unspecified atom stereocenters. The third kappa shape index (κ3) is 5.07. The van der Waals surface area contributed by atoms with Crippen LogP contribution in [0, 0.1) is 11.8 Å². The summed E-state index contributed by atoms with van der Waals surface area (Å²) in [5.41, 5.74) is 0. The first-order valence-electron chi connectivity index (χ1n) is 6.98. The van der Waals surface area contributed by atoms with E-state index in [1.807, 2.05) is 0 Å². The van der Waals surface area contributed by atoms with Crippen molar-refractivity contribution in [3.8, 4) is 0 Å². The number of aliphatic hydroxyl groups is 1. The lowest BCUT2D eigenvalue weighted by Gasteiger charge is -2.35. The second kappa shape index (κ2) is 7.00. The van der Waals surface area contributed by atoms with E-state index in [9.17, 15) is 4.79 Å². The van der Waals surface area contributed by atoms with Crippen LogP contribution in [0.4, 0.5) is 0 Å². The van der Waals surface area contributed by atoms with Gasteiger partial charge >= 0.3 is 0 Å². The van der Waals surface area contributed by atoms with Gasteiger partial charge in [-0.05, 0) is 38.0 Å². The van der Waals surface area contributed by atoms with Gasteiger partial charge in [-0.25, -0.2) is 0 Å². The molecule has 100 valence electrons. The van der Waals surface area contributed by atoms with Crippen molar-refractivity contribution < 1.29 is 9.90 Å². The number of hydrogen-bond donors (Lipinski definition) is 2. The lowest BCUT2D eigenvalue weighted by molar-refractivity contribution is -0.123. The molecule has 0 spiro atoms. The minimum Gasteiger partial charge on any atom is -0.393 e. The summed E-state index contributed by atoms with van der Waals surface area (Å²) in [4.78, 5) is 11.8. The molecule has 1 fully saturated rings. The Morgan fingerprint density at radius 1 is 1.29 bits per heavy atom. The van der Waals surface area contributed by atoms with E-state index in [0.717, 1.165) is 6.42 Å². The van der Waals surface area contributed by atoms with Crippen LogP contribution in [-0.4, -0.2) is 23.2 Å². The molecule has 0 saturated heterocycles. The van der Waals surface area contributed by atoms with E-state index in [-0.39, 0.29) is 12.0 Å². The van der Waals surface area contributed by atoms with Gasteiger partial charge in [0.25, 0.3) is 0 Å². The van der Waals surface area contributed by atoms with Crippen LogP contribution in [0.1, 0.15) is 59.3 Å². The van der Waals surface area contributed by atoms with Crippen molar-refractivity contribution in [1.29, 1.82) is 0 Å². The van der Waals surface area contributed by atoms with Crippen molar-refractivity contribution in [1.82, 2.24) is 5.32 Å². The van der Waals surface area contributed by atoms with Gasteiger partial charge in [0.1, 0.15) is 0 Å². The van der Waals surface area contributed by atoms with E-state index in [0.29, 0.717) is 30.7 Å². The maximum absolute atomic E-state index is 11.8. The summed E-state index contributed by atoms with van der Waals surface area (Å²) in [5, 5.41) is 12.3. The van der Waals surface area contributed by atoms with E-state index in [2.05, 4.69) is 19.2 Å². The number of amides is 1. The van der Waals surface area contributed by atoms with Crippen LogP contribution >= 0.6 is 0 Å². The molecule has 17 heavy (non-hydrogen) atoms. The number of hydrogen-bond acceptors (Lipinski definition) is 2. The number of carbonyl (C=O) groups excluding carboxylic acids is 1.